The van der Waals surface area contributed by atoms with E-state index in [4.69, 9.17) is 23.0 Å². The number of ketones is 1. The molecule has 8 heteroatoms. The van der Waals surface area contributed by atoms with E-state index in [1.54, 1.807) is 52.5 Å². The van der Waals surface area contributed by atoms with E-state index in [0.29, 0.717) is 40.4 Å². The van der Waals surface area contributed by atoms with Crippen LogP contribution in [-0.2, 0) is 6.42 Å². The maximum atomic E-state index is 12.8. The van der Waals surface area contributed by atoms with Crippen LogP contribution in [0.3, 0.4) is 0 Å². The molecule has 0 aliphatic rings. The third-order valence-corrected chi connectivity index (χ3v) is 4.92. The third-order valence-electron chi connectivity index (χ3n) is 4.92. The molecule has 0 aliphatic heterocycles. The van der Waals surface area contributed by atoms with Crippen molar-refractivity contribution in [2.45, 2.75) is 13.3 Å². The summed E-state index contributed by atoms with van der Waals surface area (Å²) in [6, 6.07) is 14.4. The lowest BCUT2D eigenvalue weighted by Gasteiger charge is -2.13. The van der Waals surface area contributed by atoms with Gasteiger partial charge in [-0.1, -0.05) is 12.1 Å². The topological polar surface area (TPSA) is 96.8 Å². The van der Waals surface area contributed by atoms with Crippen molar-refractivity contribution in [3.8, 4) is 40.0 Å². The van der Waals surface area contributed by atoms with Gasteiger partial charge in [-0.25, -0.2) is 0 Å². The van der Waals surface area contributed by atoms with E-state index < -0.39 is 0 Å². The number of nitrogens with zero attached hydrogens (tertiary/aromatic N) is 2. The number of carbonyl (C=O) groups is 1. The Balaban J connectivity index is 1.52. The van der Waals surface area contributed by atoms with Gasteiger partial charge in [0, 0.05) is 24.5 Å². The molecule has 4 aromatic rings. The molecule has 2 aromatic heterocycles. The number of furan rings is 1. The van der Waals surface area contributed by atoms with Crippen molar-refractivity contribution < 1.29 is 27.8 Å². The highest BCUT2D eigenvalue weighted by Crippen LogP contribution is 2.41. The Kier molecular flexibility index (Phi) is 5.93. The number of carbonyl (C=O) groups excluding carboxylic acids is 1. The van der Waals surface area contributed by atoms with Crippen LogP contribution in [0.4, 0.5) is 0 Å². The number of benzene rings is 2. The third kappa shape index (κ3) is 4.20. The minimum Gasteiger partial charge on any atom is -0.493 e. The van der Waals surface area contributed by atoms with E-state index in [0.717, 1.165) is 11.1 Å². The van der Waals surface area contributed by atoms with Crippen molar-refractivity contribution in [1.29, 1.82) is 0 Å². The smallest absolute Gasteiger partial charge is 0.247 e. The average molecular weight is 434 g/mol. The van der Waals surface area contributed by atoms with Crippen molar-refractivity contribution in [3.63, 3.8) is 0 Å². The van der Waals surface area contributed by atoms with Crippen LogP contribution in [0.15, 0.2) is 57.4 Å². The standard InChI is InChI=1S/C24H22N2O6/c1-14-25-26-24(31-14)16-7-5-15(6-8-16)11-18(27)20-10-9-19(32-20)17-12-21(28-2)23(30-4)22(13-17)29-3/h5-10,12-13H,11H2,1-4H3. The molecule has 2 aromatic carbocycles. The fourth-order valence-electron chi connectivity index (χ4n) is 3.32. The summed E-state index contributed by atoms with van der Waals surface area (Å²) in [4.78, 5) is 12.8. The second kappa shape index (κ2) is 8.97. The van der Waals surface area contributed by atoms with Crippen molar-refractivity contribution in [1.82, 2.24) is 10.2 Å². The van der Waals surface area contributed by atoms with Crippen LogP contribution in [0.5, 0.6) is 17.2 Å². The Hall–Kier alpha value is -4.07. The van der Waals surface area contributed by atoms with Gasteiger partial charge in [-0.3, -0.25) is 4.79 Å². The highest BCUT2D eigenvalue weighted by molar-refractivity contribution is 5.95. The van der Waals surface area contributed by atoms with E-state index in [1.807, 2.05) is 24.3 Å². The number of hydrogen-bond donors (Lipinski definition) is 0. The van der Waals surface area contributed by atoms with Gasteiger partial charge in [0.2, 0.25) is 23.3 Å². The highest BCUT2D eigenvalue weighted by atomic mass is 16.5. The molecule has 0 saturated heterocycles. The summed E-state index contributed by atoms with van der Waals surface area (Å²) >= 11 is 0. The maximum absolute atomic E-state index is 12.8. The van der Waals surface area contributed by atoms with E-state index in [1.165, 1.54) is 0 Å². The lowest BCUT2D eigenvalue weighted by Crippen LogP contribution is -2.01. The van der Waals surface area contributed by atoms with Crippen LogP contribution in [0.2, 0.25) is 0 Å². The Morgan fingerprint density at radius 1 is 0.844 bits per heavy atom. The molecule has 0 radical (unpaired) electrons. The Labute approximate surface area is 184 Å². The van der Waals surface area contributed by atoms with Gasteiger partial charge in [0.05, 0.1) is 21.3 Å². The number of methoxy groups -OCH3 is 3. The summed E-state index contributed by atoms with van der Waals surface area (Å²) in [6.45, 7) is 1.74. The molecule has 32 heavy (non-hydrogen) atoms. The van der Waals surface area contributed by atoms with Gasteiger partial charge in [-0.15, -0.1) is 10.2 Å². The lowest BCUT2D eigenvalue weighted by atomic mass is 10.1. The fraction of sp³-hybridized carbons (Fsp3) is 0.208. The van der Waals surface area contributed by atoms with Gasteiger partial charge in [-0.2, -0.15) is 0 Å². The zero-order valence-electron chi connectivity index (χ0n) is 18.2. The molecule has 0 bridgehead atoms. The molecule has 0 amide bonds. The predicted molar refractivity (Wildman–Crippen MR) is 116 cm³/mol. The highest BCUT2D eigenvalue weighted by Gasteiger charge is 2.18. The van der Waals surface area contributed by atoms with Gasteiger partial charge >= 0.3 is 0 Å². The first-order valence-corrected chi connectivity index (χ1v) is 9.85. The normalized spacial score (nSPS) is 10.8. The number of Topliss-reactive ketones (excluding diaryl/α,β-unsaturated/α-hetero) is 1. The fourth-order valence-corrected chi connectivity index (χ4v) is 3.32. The van der Waals surface area contributed by atoms with Crippen LogP contribution in [0.1, 0.15) is 22.0 Å². The van der Waals surface area contributed by atoms with Crippen LogP contribution >= 0.6 is 0 Å². The van der Waals surface area contributed by atoms with Gasteiger partial charge in [0.25, 0.3) is 0 Å². The molecule has 0 unspecified atom stereocenters. The summed E-state index contributed by atoms with van der Waals surface area (Å²) in [5.41, 5.74) is 2.35. The van der Waals surface area contributed by atoms with Crippen LogP contribution < -0.4 is 14.2 Å². The second-order valence-corrected chi connectivity index (χ2v) is 7.00. The number of aromatic nitrogens is 2. The van der Waals surface area contributed by atoms with Gasteiger partial charge < -0.3 is 23.0 Å². The van der Waals surface area contributed by atoms with Gasteiger partial charge in [0.15, 0.2) is 17.3 Å². The molecule has 164 valence electrons. The van der Waals surface area contributed by atoms with E-state index in [-0.39, 0.29) is 18.0 Å². The first-order chi connectivity index (χ1) is 15.5. The molecule has 0 aliphatic carbocycles. The van der Waals surface area contributed by atoms with Gasteiger partial charge in [-0.05, 0) is 42.0 Å². The first-order valence-electron chi connectivity index (χ1n) is 9.85. The molecule has 0 saturated carbocycles. The van der Waals surface area contributed by atoms with Gasteiger partial charge in [0.1, 0.15) is 5.76 Å². The Morgan fingerprint density at radius 3 is 2.09 bits per heavy atom. The minimum atomic E-state index is -0.134. The zero-order chi connectivity index (χ0) is 22.7. The molecule has 8 nitrogen and oxygen atoms in total. The first kappa shape index (κ1) is 21.2. The van der Waals surface area contributed by atoms with Crippen molar-refractivity contribution in [3.05, 3.63) is 65.7 Å². The van der Waals surface area contributed by atoms with E-state index in [9.17, 15) is 4.79 Å². The van der Waals surface area contributed by atoms with Crippen LogP contribution in [0.25, 0.3) is 22.8 Å². The van der Waals surface area contributed by atoms with Crippen molar-refractivity contribution >= 4 is 5.78 Å². The molecule has 0 spiro atoms. The number of hydrogen-bond acceptors (Lipinski definition) is 8. The number of ether oxygens (including phenoxy) is 3. The number of rotatable bonds is 8. The Bertz CT molecular complexity index is 1210. The molecule has 4 rings (SSSR count). The molecule has 0 fully saturated rings. The predicted octanol–water partition coefficient (Wildman–Crippen LogP) is 4.76. The largest absolute Gasteiger partial charge is 0.493 e. The Morgan fingerprint density at radius 2 is 1.53 bits per heavy atom. The maximum Gasteiger partial charge on any atom is 0.247 e. The summed E-state index contributed by atoms with van der Waals surface area (Å²) in [6.07, 6.45) is 0.200. The lowest BCUT2D eigenvalue weighted by molar-refractivity contribution is 0.0967. The molecular formula is C24H22N2O6. The average Bonchev–Trinajstić information content (AvgIpc) is 3.48. The van der Waals surface area contributed by atoms with Crippen LogP contribution in [0, 0.1) is 6.92 Å². The van der Waals surface area contributed by atoms with Crippen molar-refractivity contribution in [2.75, 3.05) is 21.3 Å². The monoisotopic (exact) mass is 434 g/mol. The molecule has 0 N–H and O–H groups in total. The van der Waals surface area contributed by atoms with Crippen LogP contribution in [-0.4, -0.2) is 37.3 Å². The molecular weight excluding hydrogens is 412 g/mol. The van der Waals surface area contributed by atoms with E-state index in [2.05, 4.69) is 10.2 Å². The summed E-state index contributed by atoms with van der Waals surface area (Å²) in [5.74, 6) is 3.09. The molecule has 0 atom stereocenters. The van der Waals surface area contributed by atoms with Crippen molar-refractivity contribution in [2.24, 2.45) is 0 Å². The number of aryl methyl sites for hydroxylation is 1. The molecule has 2 heterocycles. The zero-order valence-corrected chi connectivity index (χ0v) is 18.2. The van der Waals surface area contributed by atoms with E-state index >= 15 is 0 Å². The SMILES string of the molecule is COc1cc(-c2ccc(C(=O)Cc3ccc(-c4nnc(C)o4)cc3)o2)cc(OC)c1OC. The summed E-state index contributed by atoms with van der Waals surface area (Å²) in [5, 5.41) is 7.82. The quantitative estimate of drug-likeness (QED) is 0.366. The second-order valence-electron chi connectivity index (χ2n) is 7.00. The summed E-state index contributed by atoms with van der Waals surface area (Å²) in [7, 11) is 4.63. The minimum absolute atomic E-state index is 0.134. The summed E-state index contributed by atoms with van der Waals surface area (Å²) < 4.78 is 27.4.